The lowest BCUT2D eigenvalue weighted by atomic mass is 10.1. The second-order valence-corrected chi connectivity index (χ2v) is 6.25. The summed E-state index contributed by atoms with van der Waals surface area (Å²) in [6.45, 7) is 2.84. The normalized spacial score (nSPS) is 13.1. The van der Waals surface area contributed by atoms with Gasteiger partial charge >= 0.3 is 6.03 Å². The van der Waals surface area contributed by atoms with E-state index in [-0.39, 0.29) is 24.3 Å². The van der Waals surface area contributed by atoms with Crippen LogP contribution in [-0.2, 0) is 6.42 Å². The molecule has 0 spiro atoms. The van der Waals surface area contributed by atoms with E-state index < -0.39 is 0 Å². The van der Waals surface area contributed by atoms with Gasteiger partial charge in [0, 0.05) is 44.0 Å². The van der Waals surface area contributed by atoms with Crippen molar-refractivity contribution in [1.82, 2.24) is 10.2 Å². The molecule has 3 amide bonds. The molecule has 1 saturated heterocycles. The maximum atomic E-state index is 12.8. The second kappa shape index (κ2) is 9.94. The van der Waals surface area contributed by atoms with E-state index in [0.29, 0.717) is 38.3 Å². The van der Waals surface area contributed by atoms with Crippen LogP contribution in [0.1, 0.15) is 15.9 Å². The SMILES string of the molecule is Cl.NCCN(CCc1ccccc1)C(=O)c1ccc(N2CCNC2=O)cc1. The number of carbonyl (C=O) groups excluding carboxylic acids is 2. The zero-order valence-electron chi connectivity index (χ0n) is 15.1. The van der Waals surface area contributed by atoms with Gasteiger partial charge in [-0.1, -0.05) is 30.3 Å². The second-order valence-electron chi connectivity index (χ2n) is 6.25. The molecule has 3 N–H and O–H groups in total. The number of hydrogen-bond donors (Lipinski definition) is 2. The van der Waals surface area contributed by atoms with E-state index >= 15 is 0 Å². The van der Waals surface area contributed by atoms with Crippen LogP contribution in [0, 0.1) is 0 Å². The topological polar surface area (TPSA) is 78.7 Å². The maximum absolute atomic E-state index is 12.8. The molecular weight excluding hydrogens is 364 g/mol. The molecular formula is C20H25ClN4O2. The van der Waals surface area contributed by atoms with Crippen molar-refractivity contribution in [3.05, 3.63) is 65.7 Å². The number of halogens is 1. The lowest BCUT2D eigenvalue weighted by Gasteiger charge is -2.22. The molecule has 1 aliphatic heterocycles. The van der Waals surface area contributed by atoms with Gasteiger partial charge in [0.25, 0.3) is 5.91 Å². The zero-order valence-corrected chi connectivity index (χ0v) is 16.0. The number of anilines is 1. The van der Waals surface area contributed by atoms with Crippen LogP contribution < -0.4 is 16.0 Å². The van der Waals surface area contributed by atoms with Crippen LogP contribution >= 0.6 is 12.4 Å². The van der Waals surface area contributed by atoms with Crippen LogP contribution in [0.4, 0.5) is 10.5 Å². The third kappa shape index (κ3) is 5.21. The average molecular weight is 389 g/mol. The number of hydrogen-bond acceptors (Lipinski definition) is 3. The van der Waals surface area contributed by atoms with Crippen molar-refractivity contribution in [3.8, 4) is 0 Å². The molecule has 2 aromatic rings. The highest BCUT2D eigenvalue weighted by molar-refractivity contribution is 5.97. The van der Waals surface area contributed by atoms with E-state index in [1.165, 1.54) is 5.56 Å². The summed E-state index contributed by atoms with van der Waals surface area (Å²) >= 11 is 0. The average Bonchev–Trinajstić information content (AvgIpc) is 3.11. The van der Waals surface area contributed by atoms with E-state index in [2.05, 4.69) is 17.4 Å². The molecule has 7 heteroatoms. The molecule has 0 bridgehead atoms. The Kier molecular flexibility index (Phi) is 7.64. The van der Waals surface area contributed by atoms with Crippen LogP contribution in [0.15, 0.2) is 54.6 Å². The third-order valence-electron chi connectivity index (χ3n) is 4.48. The van der Waals surface area contributed by atoms with E-state index in [1.807, 2.05) is 30.3 Å². The molecule has 27 heavy (non-hydrogen) atoms. The van der Waals surface area contributed by atoms with Gasteiger partial charge in [-0.05, 0) is 36.2 Å². The minimum Gasteiger partial charge on any atom is -0.337 e. The summed E-state index contributed by atoms with van der Waals surface area (Å²) in [6, 6.07) is 17.2. The minimum absolute atomic E-state index is 0. The largest absolute Gasteiger partial charge is 0.337 e. The third-order valence-corrected chi connectivity index (χ3v) is 4.48. The number of nitrogens with one attached hydrogen (secondary N) is 1. The summed E-state index contributed by atoms with van der Waals surface area (Å²) < 4.78 is 0. The fourth-order valence-corrected chi connectivity index (χ4v) is 3.06. The standard InChI is InChI=1S/C20H24N4O2.ClH/c21-11-14-23(13-10-16-4-2-1-3-5-16)19(25)17-6-8-18(9-7-17)24-15-12-22-20(24)26;/h1-9H,10-15,21H2,(H,22,26);1H. The smallest absolute Gasteiger partial charge is 0.321 e. The molecule has 1 heterocycles. The molecule has 0 aliphatic carbocycles. The zero-order chi connectivity index (χ0) is 18.4. The molecule has 0 unspecified atom stereocenters. The monoisotopic (exact) mass is 388 g/mol. The van der Waals surface area contributed by atoms with E-state index in [0.717, 1.165) is 12.1 Å². The molecule has 144 valence electrons. The highest BCUT2D eigenvalue weighted by Gasteiger charge is 2.21. The first-order chi connectivity index (χ1) is 12.7. The van der Waals surface area contributed by atoms with Crippen LogP contribution in [0.5, 0.6) is 0 Å². The fraction of sp³-hybridized carbons (Fsp3) is 0.300. The maximum Gasteiger partial charge on any atom is 0.321 e. The molecule has 0 radical (unpaired) electrons. The summed E-state index contributed by atoms with van der Waals surface area (Å²) in [4.78, 5) is 28.0. The Morgan fingerprint density at radius 3 is 2.37 bits per heavy atom. The lowest BCUT2D eigenvalue weighted by Crippen LogP contribution is -2.37. The summed E-state index contributed by atoms with van der Waals surface area (Å²) in [5, 5.41) is 2.77. The van der Waals surface area contributed by atoms with E-state index in [9.17, 15) is 9.59 Å². The highest BCUT2D eigenvalue weighted by atomic mass is 35.5. The van der Waals surface area contributed by atoms with Crippen molar-refractivity contribution in [3.63, 3.8) is 0 Å². The van der Waals surface area contributed by atoms with Gasteiger partial charge in [0.15, 0.2) is 0 Å². The van der Waals surface area contributed by atoms with Crippen molar-refractivity contribution in [2.45, 2.75) is 6.42 Å². The van der Waals surface area contributed by atoms with Crippen LogP contribution in [-0.4, -0.2) is 49.6 Å². The van der Waals surface area contributed by atoms with E-state index in [4.69, 9.17) is 5.73 Å². The Hall–Kier alpha value is -2.57. The Labute approximate surface area is 165 Å². The predicted molar refractivity (Wildman–Crippen MR) is 110 cm³/mol. The molecule has 6 nitrogen and oxygen atoms in total. The van der Waals surface area contributed by atoms with Crippen LogP contribution in [0.25, 0.3) is 0 Å². The van der Waals surface area contributed by atoms with Crippen molar-refractivity contribution in [2.75, 3.05) is 37.6 Å². The van der Waals surface area contributed by atoms with Gasteiger partial charge < -0.3 is 16.0 Å². The Morgan fingerprint density at radius 1 is 1.07 bits per heavy atom. The lowest BCUT2D eigenvalue weighted by molar-refractivity contribution is 0.0762. The molecule has 1 fully saturated rings. The molecule has 0 saturated carbocycles. The van der Waals surface area contributed by atoms with Crippen molar-refractivity contribution in [1.29, 1.82) is 0 Å². The van der Waals surface area contributed by atoms with Crippen molar-refractivity contribution >= 4 is 30.0 Å². The van der Waals surface area contributed by atoms with Crippen molar-refractivity contribution < 1.29 is 9.59 Å². The first kappa shape index (κ1) is 20.7. The van der Waals surface area contributed by atoms with Crippen molar-refractivity contribution in [2.24, 2.45) is 5.73 Å². The number of nitrogens with two attached hydrogens (primary N) is 1. The quantitative estimate of drug-likeness (QED) is 0.763. The summed E-state index contributed by atoms with van der Waals surface area (Å²) in [5.41, 5.74) is 8.29. The molecule has 2 aromatic carbocycles. The van der Waals surface area contributed by atoms with Gasteiger partial charge in [-0.3, -0.25) is 9.69 Å². The molecule has 0 aromatic heterocycles. The number of urea groups is 1. The molecule has 3 rings (SSSR count). The predicted octanol–water partition coefficient (Wildman–Crippen LogP) is 2.28. The van der Waals surface area contributed by atoms with Crippen LogP contribution in [0.2, 0.25) is 0 Å². The Morgan fingerprint density at radius 2 is 1.78 bits per heavy atom. The van der Waals surface area contributed by atoms with E-state index in [1.54, 1.807) is 21.9 Å². The summed E-state index contributed by atoms with van der Waals surface area (Å²) in [5.74, 6) is -0.0381. The summed E-state index contributed by atoms with van der Waals surface area (Å²) in [6.07, 6.45) is 0.790. The minimum atomic E-state index is -0.100. The van der Waals surface area contributed by atoms with Gasteiger partial charge in [-0.15, -0.1) is 12.4 Å². The Bertz CT molecular complexity index is 752. The number of rotatable bonds is 7. The van der Waals surface area contributed by atoms with Gasteiger partial charge in [0.05, 0.1) is 0 Å². The number of amides is 3. The first-order valence-corrected chi connectivity index (χ1v) is 8.88. The fourth-order valence-electron chi connectivity index (χ4n) is 3.06. The van der Waals surface area contributed by atoms with Gasteiger partial charge in [0.1, 0.15) is 0 Å². The first-order valence-electron chi connectivity index (χ1n) is 8.88. The number of carbonyl (C=O) groups is 2. The van der Waals surface area contributed by atoms with Crippen LogP contribution in [0.3, 0.4) is 0 Å². The van der Waals surface area contributed by atoms with Gasteiger partial charge in [-0.2, -0.15) is 0 Å². The highest BCUT2D eigenvalue weighted by Crippen LogP contribution is 2.18. The molecule has 0 atom stereocenters. The summed E-state index contributed by atoms with van der Waals surface area (Å²) in [7, 11) is 0. The number of benzene rings is 2. The molecule has 1 aliphatic rings. The number of nitrogens with zero attached hydrogens (tertiary/aromatic N) is 2. The van der Waals surface area contributed by atoms with Gasteiger partial charge in [-0.25, -0.2) is 4.79 Å². The van der Waals surface area contributed by atoms with Gasteiger partial charge in [0.2, 0.25) is 0 Å². The Balaban J connectivity index is 0.00000261.